The van der Waals surface area contributed by atoms with Gasteiger partial charge in [0.25, 0.3) is 5.91 Å². The largest absolute Gasteiger partial charge is 0.493 e. The zero-order valence-electron chi connectivity index (χ0n) is 14.8. The molecule has 2 aromatic carbocycles. The van der Waals surface area contributed by atoms with E-state index in [1.54, 1.807) is 20.3 Å². The maximum absolute atomic E-state index is 13.1. The lowest BCUT2D eigenvalue weighted by Gasteiger charge is -2.49. The van der Waals surface area contributed by atoms with Crippen LogP contribution in [0, 0.1) is 0 Å². The summed E-state index contributed by atoms with van der Waals surface area (Å²) < 4.78 is 10.8. The summed E-state index contributed by atoms with van der Waals surface area (Å²) in [7, 11) is 5.06. The molecule has 0 fully saturated rings. The van der Waals surface area contributed by atoms with Crippen LogP contribution in [0.15, 0.2) is 36.4 Å². The van der Waals surface area contributed by atoms with Crippen LogP contribution in [0.1, 0.15) is 27.9 Å². The molecule has 0 saturated heterocycles. The van der Waals surface area contributed by atoms with Gasteiger partial charge in [-0.2, -0.15) is 0 Å². The molecule has 1 aliphatic carbocycles. The number of carbonyl (C=O) groups is 1. The molecular weight excluding hydrogens is 316 g/mol. The van der Waals surface area contributed by atoms with Crippen molar-refractivity contribution in [2.24, 2.45) is 0 Å². The van der Waals surface area contributed by atoms with Gasteiger partial charge in [-0.1, -0.05) is 24.3 Å². The number of ether oxygens (including phenoxy) is 2. The van der Waals surface area contributed by atoms with Gasteiger partial charge in [-0.05, 0) is 30.0 Å². The van der Waals surface area contributed by atoms with Crippen molar-refractivity contribution < 1.29 is 14.3 Å². The number of hydrogen-bond donors (Lipinski definition) is 1. The fourth-order valence-electron chi connectivity index (χ4n) is 3.98. The molecule has 2 aliphatic rings. The van der Waals surface area contributed by atoms with Crippen LogP contribution in [-0.4, -0.2) is 37.7 Å². The van der Waals surface area contributed by atoms with Gasteiger partial charge in [-0.15, -0.1) is 0 Å². The topological polar surface area (TPSA) is 50.8 Å². The van der Waals surface area contributed by atoms with Gasteiger partial charge >= 0.3 is 0 Å². The molecule has 4 rings (SSSR count). The lowest BCUT2D eigenvalue weighted by molar-refractivity contribution is 0.0557. The van der Waals surface area contributed by atoms with E-state index in [1.807, 2.05) is 18.0 Å². The molecule has 0 saturated carbocycles. The minimum Gasteiger partial charge on any atom is -0.493 e. The van der Waals surface area contributed by atoms with E-state index in [9.17, 15) is 4.79 Å². The molecule has 5 nitrogen and oxygen atoms in total. The molecule has 2 aromatic rings. The molecule has 1 spiro atoms. The average Bonchev–Trinajstić information content (AvgIpc) is 2.65. The minimum atomic E-state index is -0.405. The maximum atomic E-state index is 13.1. The Morgan fingerprint density at radius 3 is 2.48 bits per heavy atom. The van der Waals surface area contributed by atoms with Gasteiger partial charge in [0.1, 0.15) is 5.66 Å². The Morgan fingerprint density at radius 1 is 1.08 bits per heavy atom. The minimum absolute atomic E-state index is 0.00841. The summed E-state index contributed by atoms with van der Waals surface area (Å²) in [6.07, 6.45) is 2.61. The number of hydrogen-bond acceptors (Lipinski definition) is 4. The molecule has 1 amide bonds. The van der Waals surface area contributed by atoms with Crippen molar-refractivity contribution in [3.05, 3.63) is 53.1 Å². The monoisotopic (exact) mass is 338 g/mol. The number of anilines is 1. The number of nitrogens with one attached hydrogen (secondary N) is 1. The van der Waals surface area contributed by atoms with Crippen molar-refractivity contribution >= 4 is 11.6 Å². The Bertz CT molecular complexity index is 849. The lowest BCUT2D eigenvalue weighted by atomic mass is 9.81. The fraction of sp³-hybridized carbons (Fsp3) is 0.350. The number of nitrogens with zero attached hydrogens (tertiary/aromatic N) is 1. The van der Waals surface area contributed by atoms with Crippen LogP contribution < -0.4 is 14.8 Å². The van der Waals surface area contributed by atoms with E-state index in [1.165, 1.54) is 11.1 Å². The molecule has 0 aromatic heterocycles. The SMILES string of the molecule is COc1cc2c(cc1OC)C(=O)N(C)[C@@]1(CCc3ccccc3C1)N2. The first kappa shape index (κ1) is 15.8. The number of amides is 1. The third kappa shape index (κ3) is 2.34. The highest BCUT2D eigenvalue weighted by atomic mass is 16.5. The molecule has 0 unspecified atom stereocenters. The number of benzene rings is 2. The summed E-state index contributed by atoms with van der Waals surface area (Å²) in [5.74, 6) is 1.20. The van der Waals surface area contributed by atoms with E-state index >= 15 is 0 Å². The third-order valence-electron chi connectivity index (χ3n) is 5.48. The smallest absolute Gasteiger partial charge is 0.257 e. The van der Waals surface area contributed by atoms with E-state index < -0.39 is 5.66 Å². The molecule has 0 bridgehead atoms. The second-order valence-electron chi connectivity index (χ2n) is 6.72. The van der Waals surface area contributed by atoms with Crippen molar-refractivity contribution in [2.75, 3.05) is 26.6 Å². The first-order valence-corrected chi connectivity index (χ1v) is 8.47. The second kappa shape index (κ2) is 5.69. The Kier molecular flexibility index (Phi) is 3.60. The van der Waals surface area contributed by atoms with Gasteiger partial charge in [-0.25, -0.2) is 0 Å². The molecule has 1 atom stereocenters. The van der Waals surface area contributed by atoms with E-state index in [2.05, 4.69) is 29.6 Å². The zero-order chi connectivity index (χ0) is 17.6. The average molecular weight is 338 g/mol. The van der Waals surface area contributed by atoms with Gasteiger partial charge in [0.15, 0.2) is 11.5 Å². The predicted molar refractivity (Wildman–Crippen MR) is 96.5 cm³/mol. The number of fused-ring (bicyclic) bond motifs is 2. The third-order valence-corrected chi connectivity index (χ3v) is 5.48. The van der Waals surface area contributed by atoms with Crippen molar-refractivity contribution in [1.29, 1.82) is 0 Å². The second-order valence-corrected chi connectivity index (χ2v) is 6.72. The summed E-state index contributed by atoms with van der Waals surface area (Å²) in [5.41, 5.74) is 3.68. The Labute approximate surface area is 147 Å². The molecule has 0 radical (unpaired) electrons. The lowest BCUT2D eigenvalue weighted by Crippen LogP contribution is -2.60. The number of likely N-dealkylation sites (N-methyl/N-ethyl adjacent to an activating group) is 1. The highest BCUT2D eigenvalue weighted by Gasteiger charge is 2.45. The van der Waals surface area contributed by atoms with Crippen molar-refractivity contribution in [2.45, 2.75) is 24.9 Å². The van der Waals surface area contributed by atoms with Crippen molar-refractivity contribution in [3.63, 3.8) is 0 Å². The summed E-state index contributed by atoms with van der Waals surface area (Å²) in [6, 6.07) is 12.1. The van der Waals surface area contributed by atoms with Crippen LogP contribution >= 0.6 is 0 Å². The summed E-state index contributed by atoms with van der Waals surface area (Å²) >= 11 is 0. The number of carbonyl (C=O) groups excluding carboxylic acids is 1. The summed E-state index contributed by atoms with van der Waals surface area (Å²) in [5, 5.41) is 3.63. The quantitative estimate of drug-likeness (QED) is 0.914. The predicted octanol–water partition coefficient (Wildman–Crippen LogP) is 3.09. The van der Waals surface area contributed by atoms with Crippen LogP contribution in [-0.2, 0) is 12.8 Å². The zero-order valence-corrected chi connectivity index (χ0v) is 14.8. The summed E-state index contributed by atoms with van der Waals surface area (Å²) in [6.45, 7) is 0. The Hall–Kier alpha value is -2.69. The number of methoxy groups -OCH3 is 2. The molecule has 1 aliphatic heterocycles. The molecule has 130 valence electrons. The first-order valence-electron chi connectivity index (χ1n) is 8.47. The van der Waals surface area contributed by atoms with Gasteiger partial charge < -0.3 is 19.7 Å². The van der Waals surface area contributed by atoms with Crippen molar-refractivity contribution in [3.8, 4) is 11.5 Å². The van der Waals surface area contributed by atoms with Crippen LogP contribution in [0.4, 0.5) is 5.69 Å². The van der Waals surface area contributed by atoms with Crippen LogP contribution in [0.2, 0.25) is 0 Å². The normalized spacial score (nSPS) is 21.4. The van der Waals surface area contributed by atoms with E-state index in [0.29, 0.717) is 17.1 Å². The number of aryl methyl sites for hydroxylation is 1. The molecular formula is C20H22N2O3. The Morgan fingerprint density at radius 2 is 1.76 bits per heavy atom. The van der Waals surface area contributed by atoms with Gasteiger partial charge in [0, 0.05) is 19.5 Å². The van der Waals surface area contributed by atoms with Crippen molar-refractivity contribution in [1.82, 2.24) is 4.90 Å². The molecule has 1 N–H and O–H groups in total. The van der Waals surface area contributed by atoms with E-state index in [-0.39, 0.29) is 5.91 Å². The highest BCUT2D eigenvalue weighted by molar-refractivity contribution is 6.03. The van der Waals surface area contributed by atoms with E-state index in [4.69, 9.17) is 9.47 Å². The fourth-order valence-corrected chi connectivity index (χ4v) is 3.98. The highest BCUT2D eigenvalue weighted by Crippen LogP contribution is 2.42. The molecule has 1 heterocycles. The molecule has 25 heavy (non-hydrogen) atoms. The van der Waals surface area contributed by atoms with Crippen LogP contribution in [0.5, 0.6) is 11.5 Å². The standard InChI is InChI=1S/C20H22N2O3/c1-22-19(23)15-10-17(24-2)18(25-3)11-16(15)21-20(22)9-8-13-6-4-5-7-14(13)12-20/h4-7,10-11,21H,8-9,12H2,1-3H3/t20-/m1/s1. The maximum Gasteiger partial charge on any atom is 0.257 e. The van der Waals surface area contributed by atoms with Gasteiger partial charge in [-0.3, -0.25) is 4.79 Å². The van der Waals surface area contributed by atoms with Gasteiger partial charge in [0.2, 0.25) is 0 Å². The van der Waals surface area contributed by atoms with E-state index in [0.717, 1.165) is 24.9 Å². The van der Waals surface area contributed by atoms with Crippen LogP contribution in [0.3, 0.4) is 0 Å². The Balaban J connectivity index is 1.78. The van der Waals surface area contributed by atoms with Crippen LogP contribution in [0.25, 0.3) is 0 Å². The van der Waals surface area contributed by atoms with Gasteiger partial charge in [0.05, 0.1) is 25.5 Å². The summed E-state index contributed by atoms with van der Waals surface area (Å²) in [4.78, 5) is 14.9. The first-order chi connectivity index (χ1) is 12.1. The molecule has 5 heteroatoms. The number of rotatable bonds is 2.